The van der Waals surface area contributed by atoms with Crippen molar-refractivity contribution in [3.05, 3.63) is 80.1 Å². The van der Waals surface area contributed by atoms with Gasteiger partial charge in [-0.3, -0.25) is 14.9 Å². The van der Waals surface area contributed by atoms with Crippen LogP contribution in [0.3, 0.4) is 0 Å². The SMILES string of the molecule is CC(C)(C)[Si](C)(C)OC(CNCCCCCCOCCCCc1ccc([N+](=O)[O-])cc1)c1ccc(O)c2[nH]c(=O)ccc12. The largest absolute Gasteiger partial charge is 0.506 e. The molecular formula is C33H49N3O6Si. The molecule has 0 aliphatic heterocycles. The molecule has 0 radical (unpaired) electrons. The Morgan fingerprint density at radius 1 is 0.953 bits per heavy atom. The molecule has 9 nitrogen and oxygen atoms in total. The van der Waals surface area contributed by atoms with Crippen molar-refractivity contribution in [2.75, 3.05) is 26.3 Å². The maximum atomic E-state index is 11.9. The molecule has 0 aliphatic carbocycles. The number of hydrogen-bond donors (Lipinski definition) is 3. The van der Waals surface area contributed by atoms with Gasteiger partial charge in [0.05, 0.1) is 16.5 Å². The maximum absolute atomic E-state index is 11.9. The Bertz CT molecular complexity index is 1370. The topological polar surface area (TPSA) is 127 Å². The number of fused-ring (bicyclic) bond motifs is 1. The second kappa shape index (κ2) is 16.1. The van der Waals surface area contributed by atoms with E-state index in [0.717, 1.165) is 81.2 Å². The molecule has 0 aliphatic rings. The number of rotatable bonds is 18. The highest BCUT2D eigenvalue weighted by atomic mass is 28.4. The Hall–Kier alpha value is -3.05. The molecule has 43 heavy (non-hydrogen) atoms. The van der Waals surface area contributed by atoms with Gasteiger partial charge in [0.1, 0.15) is 5.75 Å². The molecule has 3 aromatic rings. The van der Waals surface area contributed by atoms with E-state index in [0.29, 0.717) is 12.1 Å². The van der Waals surface area contributed by atoms with E-state index < -0.39 is 8.32 Å². The van der Waals surface area contributed by atoms with Crippen LogP contribution in [0.15, 0.2) is 53.3 Å². The molecule has 1 unspecified atom stereocenters. The summed E-state index contributed by atoms with van der Waals surface area (Å²) in [7, 11) is -2.10. The number of aromatic nitrogens is 1. The minimum atomic E-state index is -2.10. The first-order valence-corrected chi connectivity index (χ1v) is 18.3. The summed E-state index contributed by atoms with van der Waals surface area (Å²) in [4.78, 5) is 25.1. The molecule has 2 aromatic carbocycles. The monoisotopic (exact) mass is 611 g/mol. The lowest BCUT2D eigenvalue weighted by Crippen LogP contribution is -2.43. The predicted octanol–water partition coefficient (Wildman–Crippen LogP) is 7.39. The van der Waals surface area contributed by atoms with Crippen LogP contribution in [0.25, 0.3) is 10.9 Å². The lowest BCUT2D eigenvalue weighted by molar-refractivity contribution is -0.384. The summed E-state index contributed by atoms with van der Waals surface area (Å²) in [6.45, 7) is 14.2. The minimum Gasteiger partial charge on any atom is -0.506 e. The highest BCUT2D eigenvalue weighted by molar-refractivity contribution is 6.74. The fraction of sp³-hybridized carbons (Fsp3) is 0.545. The number of phenolic OH excluding ortho intramolecular Hbond substituents is 1. The van der Waals surface area contributed by atoms with Gasteiger partial charge < -0.3 is 24.6 Å². The number of nitrogens with one attached hydrogen (secondary N) is 2. The van der Waals surface area contributed by atoms with Gasteiger partial charge in [-0.1, -0.05) is 51.8 Å². The standard InChI is InChI=1S/C33H49N3O6Si/c1-33(2,3)43(4,5)42-30(27-17-19-29(37)32-28(27)18-20-31(38)35-32)24-34-21-9-6-7-10-22-41-23-11-8-12-25-13-15-26(16-14-25)36(39)40/h13-20,30,34,37H,6-12,21-24H2,1-5H3,(H,35,38). The molecule has 0 amide bonds. The Labute approximate surface area is 256 Å². The van der Waals surface area contributed by atoms with E-state index in [1.165, 1.54) is 6.07 Å². The van der Waals surface area contributed by atoms with E-state index in [-0.39, 0.29) is 33.1 Å². The van der Waals surface area contributed by atoms with Crippen LogP contribution < -0.4 is 10.9 Å². The molecule has 3 N–H and O–H groups in total. The molecule has 0 spiro atoms. The van der Waals surface area contributed by atoms with Gasteiger partial charge in [-0.2, -0.15) is 0 Å². The lowest BCUT2D eigenvalue weighted by Gasteiger charge is -2.39. The average Bonchev–Trinajstić information content (AvgIpc) is 2.95. The first-order valence-electron chi connectivity index (χ1n) is 15.4. The van der Waals surface area contributed by atoms with Gasteiger partial charge in [-0.15, -0.1) is 0 Å². The fourth-order valence-corrected chi connectivity index (χ4v) is 6.02. The zero-order valence-electron chi connectivity index (χ0n) is 26.4. The van der Waals surface area contributed by atoms with Gasteiger partial charge in [0.2, 0.25) is 5.56 Å². The van der Waals surface area contributed by atoms with Crippen molar-refractivity contribution in [3.8, 4) is 5.75 Å². The van der Waals surface area contributed by atoms with Crippen LogP contribution in [-0.2, 0) is 15.6 Å². The molecular weight excluding hydrogens is 562 g/mol. The number of nitrogens with zero attached hydrogens (tertiary/aromatic N) is 1. The third kappa shape index (κ3) is 10.6. The molecule has 1 atom stereocenters. The highest BCUT2D eigenvalue weighted by Gasteiger charge is 2.39. The second-order valence-corrected chi connectivity index (χ2v) is 17.5. The van der Waals surface area contributed by atoms with Crippen LogP contribution in [0.2, 0.25) is 18.1 Å². The van der Waals surface area contributed by atoms with Gasteiger partial charge in [0, 0.05) is 43.3 Å². The zero-order valence-corrected chi connectivity index (χ0v) is 27.4. The number of hydrogen-bond acceptors (Lipinski definition) is 7. The molecule has 236 valence electrons. The number of nitro benzene ring substituents is 1. The second-order valence-electron chi connectivity index (χ2n) is 12.8. The van der Waals surface area contributed by atoms with Crippen LogP contribution in [0.4, 0.5) is 5.69 Å². The third-order valence-corrected chi connectivity index (χ3v) is 12.9. The number of aryl methyl sites for hydroxylation is 1. The van der Waals surface area contributed by atoms with Crippen molar-refractivity contribution in [3.63, 3.8) is 0 Å². The average molecular weight is 612 g/mol. The van der Waals surface area contributed by atoms with Gasteiger partial charge in [-0.05, 0) is 80.0 Å². The molecule has 0 saturated carbocycles. The summed E-state index contributed by atoms with van der Waals surface area (Å²) in [6.07, 6.45) is 7.01. The van der Waals surface area contributed by atoms with Crippen molar-refractivity contribution < 1.29 is 19.2 Å². The molecule has 1 heterocycles. The number of pyridine rings is 1. The lowest BCUT2D eigenvalue weighted by atomic mass is 10.0. The minimum absolute atomic E-state index is 0.0432. The Balaban J connectivity index is 1.37. The summed E-state index contributed by atoms with van der Waals surface area (Å²) in [6, 6.07) is 13.6. The van der Waals surface area contributed by atoms with Crippen molar-refractivity contribution in [1.29, 1.82) is 0 Å². The number of phenols is 1. The maximum Gasteiger partial charge on any atom is 0.269 e. The van der Waals surface area contributed by atoms with Crippen molar-refractivity contribution in [1.82, 2.24) is 10.3 Å². The van der Waals surface area contributed by atoms with E-state index in [4.69, 9.17) is 9.16 Å². The third-order valence-electron chi connectivity index (χ3n) is 8.37. The number of unbranched alkanes of at least 4 members (excludes halogenated alkanes) is 4. The Kier molecular flexibility index (Phi) is 12.9. The summed E-state index contributed by atoms with van der Waals surface area (Å²) in [5.41, 5.74) is 2.41. The smallest absolute Gasteiger partial charge is 0.269 e. The summed E-state index contributed by atoms with van der Waals surface area (Å²) < 4.78 is 12.7. The van der Waals surface area contributed by atoms with Crippen LogP contribution in [-0.4, -0.2) is 49.6 Å². The predicted molar refractivity (Wildman–Crippen MR) is 175 cm³/mol. The van der Waals surface area contributed by atoms with Crippen LogP contribution >= 0.6 is 0 Å². The molecule has 0 bridgehead atoms. The van der Waals surface area contributed by atoms with Crippen LogP contribution in [0.1, 0.15) is 76.5 Å². The van der Waals surface area contributed by atoms with Gasteiger partial charge in [0.25, 0.3) is 5.69 Å². The van der Waals surface area contributed by atoms with Crippen molar-refractivity contribution in [2.24, 2.45) is 0 Å². The molecule has 10 heteroatoms. The van der Waals surface area contributed by atoms with E-state index in [2.05, 4.69) is 44.2 Å². The number of ether oxygens (including phenoxy) is 1. The first-order chi connectivity index (χ1) is 20.4. The number of aromatic hydroxyl groups is 1. The fourth-order valence-electron chi connectivity index (χ4n) is 4.75. The number of H-pyrrole nitrogens is 1. The Morgan fingerprint density at radius 2 is 1.63 bits per heavy atom. The number of benzene rings is 2. The highest BCUT2D eigenvalue weighted by Crippen LogP contribution is 2.41. The quantitative estimate of drug-likeness (QED) is 0.0592. The molecule has 0 fully saturated rings. The number of aromatic amines is 1. The molecule has 1 aromatic heterocycles. The van der Waals surface area contributed by atoms with Gasteiger partial charge >= 0.3 is 0 Å². The Morgan fingerprint density at radius 3 is 2.30 bits per heavy atom. The van der Waals surface area contributed by atoms with E-state index >= 15 is 0 Å². The van der Waals surface area contributed by atoms with E-state index in [1.54, 1.807) is 24.3 Å². The summed E-state index contributed by atoms with van der Waals surface area (Å²) in [5, 5.41) is 25.6. The van der Waals surface area contributed by atoms with Crippen LogP contribution in [0, 0.1) is 10.1 Å². The first kappa shape index (κ1) is 34.4. The summed E-state index contributed by atoms with van der Waals surface area (Å²) in [5.74, 6) is 0.0571. The van der Waals surface area contributed by atoms with E-state index in [9.17, 15) is 20.0 Å². The van der Waals surface area contributed by atoms with Crippen molar-refractivity contribution >= 4 is 24.9 Å². The number of nitro groups is 1. The molecule has 3 rings (SSSR count). The van der Waals surface area contributed by atoms with Gasteiger partial charge in [0.15, 0.2) is 8.32 Å². The van der Waals surface area contributed by atoms with Gasteiger partial charge in [-0.25, -0.2) is 0 Å². The molecule has 0 saturated heterocycles. The van der Waals surface area contributed by atoms with E-state index in [1.807, 2.05) is 18.2 Å². The normalized spacial score (nSPS) is 13.0. The summed E-state index contributed by atoms with van der Waals surface area (Å²) >= 11 is 0. The van der Waals surface area contributed by atoms with Crippen LogP contribution in [0.5, 0.6) is 5.75 Å². The van der Waals surface area contributed by atoms with Crippen molar-refractivity contribution in [2.45, 2.75) is 90.0 Å². The zero-order chi connectivity index (χ0) is 31.5. The number of non-ortho nitro benzene ring substituents is 1.